The van der Waals surface area contributed by atoms with Gasteiger partial charge < -0.3 is 10.5 Å². The molecule has 0 aliphatic heterocycles. The van der Waals surface area contributed by atoms with Gasteiger partial charge in [0.25, 0.3) is 0 Å². The Labute approximate surface area is 148 Å². The molecule has 1 atom stereocenters. The lowest BCUT2D eigenvalue weighted by molar-refractivity contribution is 0.0489. The van der Waals surface area contributed by atoms with E-state index >= 15 is 0 Å². The van der Waals surface area contributed by atoms with E-state index in [-0.39, 0.29) is 17.8 Å². The maximum atomic E-state index is 12.9. The first kappa shape index (κ1) is 18.6. The summed E-state index contributed by atoms with van der Waals surface area (Å²) in [6, 6.07) is 13.6. The summed E-state index contributed by atoms with van der Waals surface area (Å²) >= 11 is 1.58. The molecule has 0 bridgehead atoms. The number of nitrogen functional groups attached to an aromatic ring is 1. The molecule has 2 aromatic carbocycles. The number of benzene rings is 2. The van der Waals surface area contributed by atoms with Crippen LogP contribution in [0, 0.1) is 5.92 Å². The van der Waals surface area contributed by atoms with Crippen LogP contribution in [0.25, 0.3) is 11.1 Å². The summed E-state index contributed by atoms with van der Waals surface area (Å²) in [5, 5.41) is 0. The summed E-state index contributed by atoms with van der Waals surface area (Å²) in [5.74, 6) is -0.0713. The summed E-state index contributed by atoms with van der Waals surface area (Å²) in [5.41, 5.74) is 9.55. The number of hydrogen-bond donors (Lipinski definition) is 1. The fraction of sp³-hybridized carbons (Fsp3) is 0.350. The zero-order chi connectivity index (χ0) is 17.7. The van der Waals surface area contributed by atoms with Crippen LogP contribution >= 0.6 is 11.8 Å². The van der Waals surface area contributed by atoms with Gasteiger partial charge in [0, 0.05) is 27.6 Å². The number of carbonyl (C=O) groups is 1. The first-order valence-electron chi connectivity index (χ1n) is 8.13. The van der Waals surface area contributed by atoms with Crippen molar-refractivity contribution < 1.29 is 9.53 Å². The second-order valence-electron chi connectivity index (χ2n) is 6.12. The molecule has 0 aliphatic rings. The highest BCUT2D eigenvalue weighted by atomic mass is 32.2. The van der Waals surface area contributed by atoms with Gasteiger partial charge >= 0.3 is 0 Å². The quantitative estimate of drug-likeness (QED) is 0.441. The van der Waals surface area contributed by atoms with Gasteiger partial charge in [0.05, 0.1) is 12.7 Å². The van der Waals surface area contributed by atoms with Gasteiger partial charge in [-0.3, -0.25) is 4.79 Å². The number of carbonyl (C=O) groups excluding carboxylic acids is 1. The van der Waals surface area contributed by atoms with E-state index in [2.05, 4.69) is 0 Å². The van der Waals surface area contributed by atoms with Crippen molar-refractivity contribution in [2.45, 2.75) is 31.8 Å². The van der Waals surface area contributed by atoms with Crippen LogP contribution in [-0.4, -0.2) is 24.7 Å². The molecule has 1 unspecified atom stereocenters. The van der Waals surface area contributed by atoms with Crippen molar-refractivity contribution >= 4 is 23.2 Å². The van der Waals surface area contributed by atoms with E-state index in [1.54, 1.807) is 11.8 Å². The third-order valence-corrected chi connectivity index (χ3v) is 4.71. The number of hydrogen-bond acceptors (Lipinski definition) is 4. The molecule has 2 rings (SSSR count). The molecule has 0 saturated heterocycles. The number of anilines is 1. The topological polar surface area (TPSA) is 52.3 Å². The Hall–Kier alpha value is -1.78. The Bertz CT molecular complexity index is 713. The fourth-order valence-corrected chi connectivity index (χ4v) is 3.37. The maximum absolute atomic E-state index is 12.9. The largest absolute Gasteiger partial charge is 0.398 e. The summed E-state index contributed by atoms with van der Waals surface area (Å²) in [6.07, 6.45) is 2.11. The standard InChI is InChI=1S/C20H25NO2S/c1-13(2)23-12-14(3)19(22)17-10-7-9-16(20(17)24-4)15-8-5-6-11-18(15)21/h5-11,13-14H,12,21H2,1-4H3. The van der Waals surface area contributed by atoms with Crippen molar-refractivity contribution in [1.29, 1.82) is 0 Å². The Morgan fingerprint density at radius 2 is 1.75 bits per heavy atom. The van der Waals surface area contributed by atoms with Crippen LogP contribution in [0.2, 0.25) is 0 Å². The summed E-state index contributed by atoms with van der Waals surface area (Å²) in [6.45, 7) is 6.30. The minimum absolute atomic E-state index is 0.108. The predicted molar refractivity (Wildman–Crippen MR) is 103 cm³/mol. The number of rotatable bonds is 7. The van der Waals surface area contributed by atoms with E-state index in [9.17, 15) is 4.79 Å². The summed E-state index contributed by atoms with van der Waals surface area (Å²) < 4.78 is 5.61. The van der Waals surface area contributed by atoms with Crippen molar-refractivity contribution in [3.8, 4) is 11.1 Å². The monoisotopic (exact) mass is 343 g/mol. The lowest BCUT2D eigenvalue weighted by Gasteiger charge is -2.17. The number of nitrogens with two attached hydrogens (primary N) is 1. The Morgan fingerprint density at radius 3 is 2.38 bits per heavy atom. The number of ketones is 1. The second kappa shape index (κ2) is 8.36. The zero-order valence-corrected chi connectivity index (χ0v) is 15.5. The molecule has 0 saturated carbocycles. The molecule has 128 valence electrons. The van der Waals surface area contributed by atoms with Crippen molar-refractivity contribution in [3.05, 3.63) is 48.0 Å². The highest BCUT2D eigenvalue weighted by molar-refractivity contribution is 7.98. The van der Waals surface area contributed by atoms with Gasteiger partial charge in [0.15, 0.2) is 5.78 Å². The number of Topliss-reactive ketones (excluding diaryl/α,β-unsaturated/α-hetero) is 1. The highest BCUT2D eigenvalue weighted by Gasteiger charge is 2.21. The summed E-state index contributed by atoms with van der Waals surface area (Å²) in [7, 11) is 0. The highest BCUT2D eigenvalue weighted by Crippen LogP contribution is 2.36. The molecular formula is C20H25NO2S. The van der Waals surface area contributed by atoms with E-state index in [4.69, 9.17) is 10.5 Å². The van der Waals surface area contributed by atoms with Crippen LogP contribution < -0.4 is 5.73 Å². The smallest absolute Gasteiger partial charge is 0.169 e. The average molecular weight is 343 g/mol. The van der Waals surface area contributed by atoms with E-state index in [1.807, 2.05) is 69.5 Å². The van der Waals surface area contributed by atoms with E-state index < -0.39 is 0 Å². The number of thioether (sulfide) groups is 1. The molecule has 4 heteroatoms. The maximum Gasteiger partial charge on any atom is 0.169 e. The van der Waals surface area contributed by atoms with Gasteiger partial charge in [-0.2, -0.15) is 0 Å². The molecule has 0 fully saturated rings. The lowest BCUT2D eigenvalue weighted by Crippen LogP contribution is -2.20. The van der Waals surface area contributed by atoms with E-state index in [0.717, 1.165) is 21.6 Å². The van der Waals surface area contributed by atoms with Gasteiger partial charge in [0.1, 0.15) is 0 Å². The van der Waals surface area contributed by atoms with Crippen LogP contribution in [0.15, 0.2) is 47.4 Å². The van der Waals surface area contributed by atoms with Gasteiger partial charge in [-0.15, -0.1) is 11.8 Å². The molecule has 24 heavy (non-hydrogen) atoms. The minimum atomic E-state index is -0.179. The Kier molecular flexibility index (Phi) is 6.46. The first-order valence-corrected chi connectivity index (χ1v) is 9.35. The third kappa shape index (κ3) is 4.19. The van der Waals surface area contributed by atoms with Gasteiger partial charge in [-0.05, 0) is 31.7 Å². The van der Waals surface area contributed by atoms with Crippen LogP contribution in [0.4, 0.5) is 5.69 Å². The SMILES string of the molecule is CSc1c(C(=O)C(C)COC(C)C)cccc1-c1ccccc1N. The lowest BCUT2D eigenvalue weighted by atomic mass is 9.95. The minimum Gasteiger partial charge on any atom is -0.398 e. The van der Waals surface area contributed by atoms with Gasteiger partial charge in [-0.25, -0.2) is 0 Å². The predicted octanol–water partition coefficient (Wildman–Crippen LogP) is 4.90. The van der Waals surface area contributed by atoms with Crippen LogP contribution in [0.1, 0.15) is 31.1 Å². The molecule has 0 aliphatic carbocycles. The van der Waals surface area contributed by atoms with Gasteiger partial charge in [-0.1, -0.05) is 43.3 Å². The number of para-hydroxylation sites is 1. The molecule has 0 amide bonds. The van der Waals surface area contributed by atoms with Crippen molar-refractivity contribution in [1.82, 2.24) is 0 Å². The molecule has 0 heterocycles. The van der Waals surface area contributed by atoms with Crippen molar-refractivity contribution in [2.75, 3.05) is 18.6 Å². The third-order valence-electron chi connectivity index (χ3n) is 3.86. The van der Waals surface area contributed by atoms with Crippen LogP contribution in [0.3, 0.4) is 0 Å². The average Bonchev–Trinajstić information content (AvgIpc) is 2.58. The van der Waals surface area contributed by atoms with E-state index in [1.165, 1.54) is 0 Å². The van der Waals surface area contributed by atoms with Crippen molar-refractivity contribution in [2.24, 2.45) is 5.92 Å². The molecular weight excluding hydrogens is 318 g/mol. The number of ether oxygens (including phenoxy) is 1. The Morgan fingerprint density at radius 1 is 1.08 bits per heavy atom. The van der Waals surface area contributed by atoms with Crippen LogP contribution in [0.5, 0.6) is 0 Å². The fourth-order valence-electron chi connectivity index (χ4n) is 2.58. The van der Waals surface area contributed by atoms with Crippen molar-refractivity contribution in [3.63, 3.8) is 0 Å². The second-order valence-corrected chi connectivity index (χ2v) is 6.94. The molecule has 2 N–H and O–H groups in total. The first-order chi connectivity index (χ1) is 11.5. The summed E-state index contributed by atoms with van der Waals surface area (Å²) in [4.78, 5) is 13.9. The normalized spacial score (nSPS) is 12.4. The zero-order valence-electron chi connectivity index (χ0n) is 14.7. The molecule has 2 aromatic rings. The molecule has 0 aromatic heterocycles. The molecule has 0 radical (unpaired) electrons. The molecule has 0 spiro atoms. The molecule has 3 nitrogen and oxygen atoms in total. The van der Waals surface area contributed by atoms with Crippen LogP contribution in [-0.2, 0) is 4.74 Å². The van der Waals surface area contributed by atoms with E-state index in [0.29, 0.717) is 12.3 Å². The van der Waals surface area contributed by atoms with Gasteiger partial charge in [0.2, 0.25) is 0 Å². The Balaban J connectivity index is 2.40.